The summed E-state index contributed by atoms with van der Waals surface area (Å²) in [6, 6.07) is 20.2. The Morgan fingerprint density at radius 1 is 1.00 bits per heavy atom. The molecule has 3 rings (SSSR count). The number of para-hydroxylation sites is 1. The summed E-state index contributed by atoms with van der Waals surface area (Å²) in [7, 11) is -3.97. The van der Waals surface area contributed by atoms with Crippen LogP contribution in [-0.2, 0) is 21.4 Å². The molecule has 1 amide bonds. The van der Waals surface area contributed by atoms with Crippen LogP contribution in [0.4, 0.5) is 5.69 Å². The zero-order valence-corrected chi connectivity index (χ0v) is 19.5. The first kappa shape index (κ1) is 23.6. The number of amides is 1. The molecule has 0 aliphatic carbocycles. The summed E-state index contributed by atoms with van der Waals surface area (Å²) in [5.41, 5.74) is 2.09. The van der Waals surface area contributed by atoms with Gasteiger partial charge in [0.05, 0.1) is 17.2 Å². The van der Waals surface area contributed by atoms with Gasteiger partial charge in [-0.2, -0.15) is 0 Å². The van der Waals surface area contributed by atoms with Crippen LogP contribution < -0.4 is 14.4 Å². The number of halogens is 1. The quantitative estimate of drug-likeness (QED) is 0.495. The predicted molar refractivity (Wildman–Crippen MR) is 127 cm³/mol. The predicted octanol–water partition coefficient (Wildman–Crippen LogP) is 4.56. The average Bonchev–Trinajstić information content (AvgIpc) is 2.78. The molecule has 0 unspecified atom stereocenters. The molecule has 3 aromatic rings. The van der Waals surface area contributed by atoms with Crippen LogP contribution in [0.1, 0.15) is 18.1 Å². The standard InChI is InChI=1S/C24H25ClN2O4S/c1-3-31-23-7-5-4-6-19(23)16-26-24(28)17-27(21-12-10-20(25)11-13-21)32(29,30)22-14-8-18(2)9-15-22/h4-15H,3,16-17H2,1-2H3,(H,26,28). The summed E-state index contributed by atoms with van der Waals surface area (Å²) in [5.74, 6) is 0.235. The SMILES string of the molecule is CCOc1ccccc1CNC(=O)CN(c1ccc(Cl)cc1)S(=O)(=O)c1ccc(C)cc1. The van der Waals surface area contributed by atoms with Crippen LogP contribution in [0, 0.1) is 6.92 Å². The summed E-state index contributed by atoms with van der Waals surface area (Å²) in [5, 5.41) is 3.26. The number of hydrogen-bond donors (Lipinski definition) is 1. The van der Waals surface area contributed by atoms with E-state index < -0.39 is 15.9 Å². The van der Waals surface area contributed by atoms with E-state index in [0.29, 0.717) is 23.1 Å². The summed E-state index contributed by atoms with van der Waals surface area (Å²) >= 11 is 5.97. The molecule has 0 saturated heterocycles. The van der Waals surface area contributed by atoms with Crippen molar-refractivity contribution in [3.63, 3.8) is 0 Å². The molecule has 0 heterocycles. The van der Waals surface area contributed by atoms with E-state index >= 15 is 0 Å². The third kappa shape index (κ3) is 5.81. The first-order chi connectivity index (χ1) is 15.3. The van der Waals surface area contributed by atoms with Crippen LogP contribution in [0.3, 0.4) is 0 Å². The summed E-state index contributed by atoms with van der Waals surface area (Å²) in [4.78, 5) is 12.9. The molecule has 3 aromatic carbocycles. The molecule has 8 heteroatoms. The van der Waals surface area contributed by atoms with Crippen LogP contribution >= 0.6 is 11.6 Å². The highest BCUT2D eigenvalue weighted by Crippen LogP contribution is 2.25. The van der Waals surface area contributed by atoms with Crippen LogP contribution in [0.5, 0.6) is 5.75 Å². The second-order valence-corrected chi connectivity index (χ2v) is 9.42. The van der Waals surface area contributed by atoms with Crippen molar-refractivity contribution >= 4 is 33.2 Å². The normalized spacial score (nSPS) is 11.1. The first-order valence-electron chi connectivity index (χ1n) is 10.1. The van der Waals surface area contributed by atoms with E-state index in [2.05, 4.69) is 5.32 Å². The minimum absolute atomic E-state index is 0.104. The van der Waals surface area contributed by atoms with Gasteiger partial charge in [-0.25, -0.2) is 8.42 Å². The monoisotopic (exact) mass is 472 g/mol. The van der Waals surface area contributed by atoms with Crippen LogP contribution in [-0.4, -0.2) is 27.5 Å². The lowest BCUT2D eigenvalue weighted by Gasteiger charge is -2.24. The molecule has 0 fully saturated rings. The topological polar surface area (TPSA) is 75.7 Å². The number of carbonyl (C=O) groups is 1. The minimum atomic E-state index is -3.97. The number of carbonyl (C=O) groups excluding carboxylic acids is 1. The number of anilines is 1. The van der Waals surface area contributed by atoms with Gasteiger partial charge in [-0.1, -0.05) is 47.5 Å². The number of aryl methyl sites for hydroxylation is 1. The molecule has 1 N–H and O–H groups in total. The van der Waals surface area contributed by atoms with Gasteiger partial charge < -0.3 is 10.1 Å². The average molecular weight is 473 g/mol. The maximum atomic E-state index is 13.4. The summed E-state index contributed by atoms with van der Waals surface area (Å²) in [6.45, 7) is 4.10. The third-order valence-corrected chi connectivity index (χ3v) is 6.80. The molecule has 0 aromatic heterocycles. The molecule has 0 radical (unpaired) electrons. The lowest BCUT2D eigenvalue weighted by atomic mass is 10.2. The maximum absolute atomic E-state index is 13.4. The molecule has 0 aliphatic heterocycles. The Balaban J connectivity index is 1.84. The van der Waals surface area contributed by atoms with E-state index in [1.165, 1.54) is 12.1 Å². The molecular weight excluding hydrogens is 448 g/mol. The lowest BCUT2D eigenvalue weighted by molar-refractivity contribution is -0.119. The van der Waals surface area contributed by atoms with Gasteiger partial charge in [0.2, 0.25) is 5.91 Å². The van der Waals surface area contributed by atoms with Crippen molar-refractivity contribution in [3.8, 4) is 5.75 Å². The first-order valence-corrected chi connectivity index (χ1v) is 12.0. The largest absolute Gasteiger partial charge is 0.494 e. The Kier molecular flexibility index (Phi) is 7.77. The van der Waals surface area contributed by atoms with Gasteiger partial charge in [-0.05, 0) is 56.3 Å². The molecule has 168 valence electrons. The van der Waals surface area contributed by atoms with Gasteiger partial charge in [0.15, 0.2) is 0 Å². The highest BCUT2D eigenvalue weighted by Gasteiger charge is 2.27. The Morgan fingerprint density at radius 3 is 2.31 bits per heavy atom. The number of hydrogen-bond acceptors (Lipinski definition) is 4. The summed E-state index contributed by atoms with van der Waals surface area (Å²) < 4.78 is 33.4. The van der Waals surface area contributed by atoms with Crippen molar-refractivity contribution in [1.82, 2.24) is 5.32 Å². The Hall–Kier alpha value is -3.03. The van der Waals surface area contributed by atoms with Crippen LogP contribution in [0.2, 0.25) is 5.02 Å². The number of ether oxygens (including phenoxy) is 1. The molecule has 0 aliphatic rings. The van der Waals surface area contributed by atoms with Crippen LogP contribution in [0.25, 0.3) is 0 Å². The summed E-state index contributed by atoms with van der Waals surface area (Å²) in [6.07, 6.45) is 0. The highest BCUT2D eigenvalue weighted by atomic mass is 35.5. The zero-order chi connectivity index (χ0) is 23.1. The highest BCUT2D eigenvalue weighted by molar-refractivity contribution is 7.92. The van der Waals surface area contributed by atoms with Gasteiger partial charge in [0, 0.05) is 17.1 Å². The van der Waals surface area contributed by atoms with Crippen molar-refractivity contribution in [2.45, 2.75) is 25.3 Å². The van der Waals surface area contributed by atoms with Crippen molar-refractivity contribution in [2.24, 2.45) is 0 Å². The van der Waals surface area contributed by atoms with Gasteiger partial charge >= 0.3 is 0 Å². The van der Waals surface area contributed by atoms with Gasteiger partial charge in [-0.3, -0.25) is 9.10 Å². The van der Waals surface area contributed by atoms with E-state index in [1.807, 2.05) is 38.1 Å². The van der Waals surface area contributed by atoms with Crippen molar-refractivity contribution < 1.29 is 17.9 Å². The minimum Gasteiger partial charge on any atom is -0.494 e. The lowest BCUT2D eigenvalue weighted by Crippen LogP contribution is -2.40. The molecule has 6 nitrogen and oxygen atoms in total. The molecule has 0 atom stereocenters. The van der Waals surface area contributed by atoms with E-state index in [9.17, 15) is 13.2 Å². The Bertz CT molecular complexity index is 1160. The van der Waals surface area contributed by atoms with Crippen molar-refractivity contribution in [3.05, 3.63) is 88.9 Å². The second-order valence-electron chi connectivity index (χ2n) is 7.12. The van der Waals surface area contributed by atoms with E-state index in [4.69, 9.17) is 16.3 Å². The number of benzene rings is 3. The second kappa shape index (κ2) is 10.5. The molecule has 0 bridgehead atoms. The molecule has 32 heavy (non-hydrogen) atoms. The van der Waals surface area contributed by atoms with E-state index in [1.54, 1.807) is 36.4 Å². The van der Waals surface area contributed by atoms with E-state index in [0.717, 1.165) is 15.4 Å². The molecule has 0 saturated carbocycles. The number of rotatable bonds is 9. The van der Waals surface area contributed by atoms with Gasteiger partial charge in [-0.15, -0.1) is 0 Å². The molecule has 0 spiro atoms. The van der Waals surface area contributed by atoms with Gasteiger partial charge in [0.1, 0.15) is 12.3 Å². The fourth-order valence-corrected chi connectivity index (χ4v) is 4.63. The van der Waals surface area contributed by atoms with Crippen LogP contribution in [0.15, 0.2) is 77.7 Å². The third-order valence-electron chi connectivity index (χ3n) is 4.76. The number of nitrogens with one attached hydrogen (secondary N) is 1. The molecular formula is C24H25ClN2O4S. The smallest absolute Gasteiger partial charge is 0.264 e. The zero-order valence-electron chi connectivity index (χ0n) is 17.9. The number of sulfonamides is 1. The number of nitrogens with zero attached hydrogens (tertiary/aromatic N) is 1. The van der Waals surface area contributed by atoms with Gasteiger partial charge in [0.25, 0.3) is 10.0 Å². The fourth-order valence-electron chi connectivity index (χ4n) is 3.09. The Morgan fingerprint density at radius 2 is 1.66 bits per heavy atom. The van der Waals surface area contributed by atoms with Crippen molar-refractivity contribution in [2.75, 3.05) is 17.5 Å². The fraction of sp³-hybridized carbons (Fsp3) is 0.208. The van der Waals surface area contributed by atoms with E-state index in [-0.39, 0.29) is 18.0 Å². The van der Waals surface area contributed by atoms with Crippen molar-refractivity contribution in [1.29, 1.82) is 0 Å². The maximum Gasteiger partial charge on any atom is 0.264 e. The Labute approximate surface area is 193 Å².